The molecule has 0 spiro atoms. The van der Waals surface area contributed by atoms with Gasteiger partial charge < -0.3 is 90.8 Å². The van der Waals surface area contributed by atoms with Crippen LogP contribution in [-0.4, -0.2) is 188 Å². The van der Waals surface area contributed by atoms with Gasteiger partial charge >= 0.3 is 25.7 Å². The fourth-order valence-corrected chi connectivity index (χ4v) is 5.66. The predicted octanol–water partition coefficient (Wildman–Crippen LogP) is -9.50. The molecule has 0 unspecified atom stereocenters. The van der Waals surface area contributed by atoms with E-state index in [9.17, 15) is 81.2 Å². The van der Waals surface area contributed by atoms with Crippen molar-refractivity contribution < 1.29 is 109 Å². The maximum Gasteiger partial charge on any atom is 0.488 e. The Labute approximate surface area is 228 Å². The van der Waals surface area contributed by atoms with Gasteiger partial charge in [-0.1, -0.05) is 0 Å². The Morgan fingerprint density at radius 1 is 0.488 bits per heavy atom. The Morgan fingerprint density at radius 3 is 0.902 bits per heavy atom. The van der Waals surface area contributed by atoms with E-state index < -0.39 is 119 Å². The minimum Gasteiger partial charge on any atom is -0.394 e. The molecule has 3 saturated heterocycles. The van der Waals surface area contributed by atoms with Crippen LogP contribution in [0.1, 0.15) is 0 Å². The third-order valence-corrected chi connectivity index (χ3v) is 7.97. The van der Waals surface area contributed by atoms with Gasteiger partial charge in [0.2, 0.25) is 0 Å². The molecule has 23 heteroatoms. The number of rotatable bonds is 9. The Bertz CT molecular complexity index is 824. The van der Waals surface area contributed by atoms with E-state index in [0.29, 0.717) is 0 Å². The SMILES string of the molecule is O=P(O[C@@]1(O)O[C@H](CO)[C@@H](O)[C@H](O)[C@@H]1O)(O[C@@]1(O)O[C@H](CO)[C@@H](O)[C@H](O)[C@@H]1O)O[C@@]1(O)O[C@H](CO)[C@@H](O)[C@H](O)[C@@H]1O. The van der Waals surface area contributed by atoms with Gasteiger partial charge in [0.05, 0.1) is 19.8 Å². The van der Waals surface area contributed by atoms with Crippen molar-refractivity contribution >= 4 is 7.82 Å². The van der Waals surface area contributed by atoms with Crippen molar-refractivity contribution in [2.75, 3.05) is 19.8 Å². The highest BCUT2D eigenvalue weighted by atomic mass is 31.2. The summed E-state index contributed by atoms with van der Waals surface area (Å²) in [6, 6.07) is 0. The van der Waals surface area contributed by atoms with Crippen molar-refractivity contribution in [1.29, 1.82) is 0 Å². The molecule has 0 aromatic carbocycles. The van der Waals surface area contributed by atoms with E-state index in [1.54, 1.807) is 0 Å². The van der Waals surface area contributed by atoms with Crippen LogP contribution in [0.3, 0.4) is 0 Å². The van der Waals surface area contributed by atoms with Gasteiger partial charge in [-0.3, -0.25) is 0 Å². The van der Waals surface area contributed by atoms with Crippen molar-refractivity contribution in [3.05, 3.63) is 0 Å². The largest absolute Gasteiger partial charge is 0.488 e. The molecule has 22 nitrogen and oxygen atoms in total. The van der Waals surface area contributed by atoms with Gasteiger partial charge in [0, 0.05) is 0 Å². The molecule has 3 aliphatic rings. The smallest absolute Gasteiger partial charge is 0.394 e. The lowest BCUT2D eigenvalue weighted by Gasteiger charge is -2.49. The molecular weight excluding hydrogens is 599 g/mol. The predicted molar refractivity (Wildman–Crippen MR) is 116 cm³/mol. The van der Waals surface area contributed by atoms with Crippen LogP contribution in [0.5, 0.6) is 0 Å². The summed E-state index contributed by atoms with van der Waals surface area (Å²) in [6.07, 6.45) is -28.3. The molecule has 0 aromatic heterocycles. The number of hydrogen-bond donors (Lipinski definition) is 15. The van der Waals surface area contributed by atoms with E-state index in [-0.39, 0.29) is 0 Å². The average Bonchev–Trinajstić information content (AvgIpc) is 2.91. The summed E-state index contributed by atoms with van der Waals surface area (Å²) in [7, 11) is -6.41. The molecule has 3 aliphatic heterocycles. The molecule has 0 amide bonds. The first-order valence-electron chi connectivity index (χ1n) is 11.7. The van der Waals surface area contributed by atoms with Crippen LogP contribution in [0.4, 0.5) is 0 Å². The number of aliphatic hydroxyl groups is 15. The van der Waals surface area contributed by atoms with E-state index in [4.69, 9.17) is 14.2 Å². The number of hydrogen-bond acceptors (Lipinski definition) is 22. The summed E-state index contributed by atoms with van der Waals surface area (Å²) in [5.41, 5.74) is 0. The first-order chi connectivity index (χ1) is 18.8. The zero-order valence-corrected chi connectivity index (χ0v) is 21.5. The van der Waals surface area contributed by atoms with Crippen molar-refractivity contribution in [1.82, 2.24) is 0 Å². The van der Waals surface area contributed by atoms with Gasteiger partial charge in [-0.15, -0.1) is 0 Å². The van der Waals surface area contributed by atoms with Gasteiger partial charge in [-0.2, -0.15) is 0 Å². The van der Waals surface area contributed by atoms with Gasteiger partial charge in [0.15, 0.2) is 18.3 Å². The number of phosphoric acid groups is 1. The molecule has 0 aromatic rings. The highest BCUT2D eigenvalue weighted by Crippen LogP contribution is 2.60. The van der Waals surface area contributed by atoms with E-state index in [1.807, 2.05) is 0 Å². The molecule has 242 valence electrons. The minimum atomic E-state index is -6.41. The lowest BCUT2D eigenvalue weighted by atomic mass is 9.98. The Kier molecular flexibility index (Phi) is 10.6. The minimum absolute atomic E-state index is 1.20. The maximum atomic E-state index is 13.9. The first-order valence-corrected chi connectivity index (χ1v) is 13.2. The lowest BCUT2D eigenvalue weighted by Crippen LogP contribution is -2.68. The lowest BCUT2D eigenvalue weighted by molar-refractivity contribution is -0.460. The second kappa shape index (κ2) is 12.4. The monoisotopic (exact) mass is 632 g/mol. The number of aliphatic hydroxyl groups excluding tert-OH is 12. The fourth-order valence-electron chi connectivity index (χ4n) is 4.14. The molecule has 3 fully saturated rings. The van der Waals surface area contributed by atoms with Crippen LogP contribution in [-0.2, 0) is 32.3 Å². The first kappa shape index (κ1) is 34.9. The highest BCUT2D eigenvalue weighted by molar-refractivity contribution is 7.48. The van der Waals surface area contributed by atoms with Crippen LogP contribution >= 0.6 is 7.82 Å². The van der Waals surface area contributed by atoms with Crippen molar-refractivity contribution in [3.63, 3.8) is 0 Å². The standard InChI is InChI=1S/C18H33O22P/c19-1-4-7(22)10(25)13(28)16(31,35-4)38-41(34,39-17(32)14(29)11(26)8(23)5(2-20)36-17)40-18(33)15(30)12(27)9(24)6(3-21)37-18/h4-15,19-33H,1-3H2/t4-,5-,6-,7-,8-,9-,10+,11+,12+,13+,14+,15+,16+,17+,18+/m1/s1. The zero-order chi connectivity index (χ0) is 31.3. The van der Waals surface area contributed by atoms with E-state index in [1.165, 1.54) is 0 Å². The van der Waals surface area contributed by atoms with Crippen molar-refractivity contribution in [2.45, 2.75) is 91.2 Å². The summed E-state index contributed by atoms with van der Waals surface area (Å²) in [5.74, 6) is -11.7. The Hall–Kier alpha value is -0.610. The van der Waals surface area contributed by atoms with E-state index >= 15 is 0 Å². The summed E-state index contributed by atoms with van der Waals surface area (Å²) < 4.78 is 41.9. The molecule has 15 N–H and O–H groups in total. The quantitative estimate of drug-likeness (QED) is 0.0828. The van der Waals surface area contributed by atoms with Crippen LogP contribution < -0.4 is 0 Å². The summed E-state index contributed by atoms with van der Waals surface area (Å²) in [5, 5.41) is 151. The number of ether oxygens (including phenoxy) is 3. The summed E-state index contributed by atoms with van der Waals surface area (Å²) in [4.78, 5) is 0. The Balaban J connectivity index is 2.07. The number of phosphoric ester groups is 1. The molecule has 0 aliphatic carbocycles. The molecule has 3 rings (SSSR count). The molecule has 15 atom stereocenters. The third-order valence-electron chi connectivity index (χ3n) is 6.51. The van der Waals surface area contributed by atoms with Crippen molar-refractivity contribution in [2.24, 2.45) is 0 Å². The van der Waals surface area contributed by atoms with Gasteiger partial charge in [0.1, 0.15) is 54.9 Å². The highest BCUT2D eigenvalue weighted by Gasteiger charge is 2.66. The molecule has 3 heterocycles. The maximum absolute atomic E-state index is 13.9. The summed E-state index contributed by atoms with van der Waals surface area (Å²) >= 11 is 0. The van der Waals surface area contributed by atoms with Crippen molar-refractivity contribution in [3.8, 4) is 0 Å². The second-order valence-electron chi connectivity index (χ2n) is 9.41. The normalized spacial score (nSPS) is 51.5. The summed E-state index contributed by atoms with van der Waals surface area (Å²) in [6.45, 7) is -3.61. The van der Waals surface area contributed by atoms with Gasteiger partial charge in [-0.25, -0.2) is 18.1 Å². The van der Waals surface area contributed by atoms with Crippen LogP contribution in [0, 0.1) is 0 Å². The third kappa shape index (κ3) is 6.45. The zero-order valence-electron chi connectivity index (χ0n) is 20.6. The average molecular weight is 632 g/mol. The fraction of sp³-hybridized carbons (Fsp3) is 1.00. The van der Waals surface area contributed by atoms with Crippen LogP contribution in [0.25, 0.3) is 0 Å². The molecular formula is C18H33O22P. The van der Waals surface area contributed by atoms with Crippen LogP contribution in [0.15, 0.2) is 0 Å². The van der Waals surface area contributed by atoms with E-state index in [0.717, 1.165) is 0 Å². The molecule has 41 heavy (non-hydrogen) atoms. The Morgan fingerprint density at radius 2 is 0.707 bits per heavy atom. The second-order valence-corrected chi connectivity index (χ2v) is 10.9. The molecule has 0 bridgehead atoms. The molecule has 0 saturated carbocycles. The van der Waals surface area contributed by atoms with Gasteiger partial charge in [0.25, 0.3) is 0 Å². The van der Waals surface area contributed by atoms with Crippen LogP contribution in [0.2, 0.25) is 0 Å². The van der Waals surface area contributed by atoms with Gasteiger partial charge in [-0.05, 0) is 0 Å². The van der Waals surface area contributed by atoms with E-state index in [2.05, 4.69) is 13.6 Å². The topological polar surface area (TPSA) is 376 Å². The molecule has 0 radical (unpaired) electrons.